The number of aromatic nitrogens is 1. The quantitative estimate of drug-likeness (QED) is 0.565. The highest BCUT2D eigenvalue weighted by Crippen LogP contribution is 2.24. The topological polar surface area (TPSA) is 104 Å². The first-order chi connectivity index (χ1) is 14.5. The van der Waals surface area contributed by atoms with E-state index in [0.717, 1.165) is 29.9 Å². The molecular formula is C20H24BrFN2O6S. The molecule has 2 heterocycles. The molecule has 0 saturated carbocycles. The zero-order valence-electron chi connectivity index (χ0n) is 17.2. The second-order valence-electron chi connectivity index (χ2n) is 7.76. The highest BCUT2D eigenvalue weighted by atomic mass is 79.9. The Morgan fingerprint density at radius 3 is 2.77 bits per heavy atom. The average molecular weight is 519 g/mol. The van der Waals surface area contributed by atoms with Crippen molar-refractivity contribution in [3.63, 3.8) is 0 Å². The van der Waals surface area contributed by atoms with Gasteiger partial charge in [-0.2, -0.15) is 0 Å². The summed E-state index contributed by atoms with van der Waals surface area (Å²) in [5, 5.41) is 0.312. The van der Waals surface area contributed by atoms with Crippen molar-refractivity contribution in [2.24, 2.45) is 0 Å². The Hall–Kier alpha value is -1.82. The van der Waals surface area contributed by atoms with Crippen LogP contribution in [-0.4, -0.2) is 42.8 Å². The zero-order chi connectivity index (χ0) is 22.8. The summed E-state index contributed by atoms with van der Waals surface area (Å²) in [6.07, 6.45) is 3.40. The van der Waals surface area contributed by atoms with Crippen molar-refractivity contribution in [3.8, 4) is 0 Å². The van der Waals surface area contributed by atoms with Crippen LogP contribution in [0.2, 0.25) is 0 Å². The van der Waals surface area contributed by atoms with E-state index in [1.54, 1.807) is 6.07 Å². The smallest absolute Gasteiger partial charge is 0.264 e. The van der Waals surface area contributed by atoms with E-state index in [1.165, 1.54) is 19.1 Å². The molecule has 2 atom stereocenters. The molecule has 0 spiro atoms. The molecule has 170 valence electrons. The van der Waals surface area contributed by atoms with Crippen LogP contribution in [-0.2, 0) is 30.8 Å². The van der Waals surface area contributed by atoms with E-state index in [-0.39, 0.29) is 23.7 Å². The summed E-state index contributed by atoms with van der Waals surface area (Å²) in [7, 11) is -3.91. The van der Waals surface area contributed by atoms with E-state index in [0.29, 0.717) is 17.5 Å². The maximum absolute atomic E-state index is 14.5. The molecule has 0 bridgehead atoms. The summed E-state index contributed by atoms with van der Waals surface area (Å²) < 4.78 is 44.6. The third-order valence-electron chi connectivity index (χ3n) is 5.55. The lowest BCUT2D eigenvalue weighted by Gasteiger charge is -2.28. The lowest BCUT2D eigenvalue weighted by molar-refractivity contribution is -0.201. The van der Waals surface area contributed by atoms with E-state index in [2.05, 4.69) is 21.4 Å². The highest BCUT2D eigenvalue weighted by molar-refractivity contribution is 9.10. The molecule has 1 fully saturated rings. The molecule has 1 aromatic carbocycles. The van der Waals surface area contributed by atoms with Gasteiger partial charge in [-0.1, -0.05) is 15.9 Å². The molecule has 1 saturated heterocycles. The van der Waals surface area contributed by atoms with Gasteiger partial charge in [0.2, 0.25) is 0 Å². The zero-order valence-corrected chi connectivity index (χ0v) is 19.6. The summed E-state index contributed by atoms with van der Waals surface area (Å²) in [6, 6.07) is 4.60. The number of nitrogens with one attached hydrogen (secondary N) is 1. The molecule has 0 aliphatic carbocycles. The van der Waals surface area contributed by atoms with E-state index in [9.17, 15) is 22.4 Å². The summed E-state index contributed by atoms with van der Waals surface area (Å²) in [4.78, 5) is 30.7. The molecule has 1 aliphatic rings. The number of carbonyl (C=O) groups is 1. The maximum Gasteiger partial charge on any atom is 0.264 e. The molecule has 1 aromatic heterocycles. The van der Waals surface area contributed by atoms with Crippen LogP contribution in [0.15, 0.2) is 33.7 Å². The van der Waals surface area contributed by atoms with E-state index >= 15 is 0 Å². The lowest BCUT2D eigenvalue weighted by atomic mass is 10.1. The van der Waals surface area contributed by atoms with Gasteiger partial charge in [0.25, 0.3) is 11.5 Å². The fourth-order valence-electron chi connectivity index (χ4n) is 3.32. The number of hydroxylamine groups is 1. The summed E-state index contributed by atoms with van der Waals surface area (Å²) in [5.41, 5.74) is 1.71. The fraction of sp³-hybridized carbons (Fsp3) is 0.500. The third-order valence-corrected chi connectivity index (χ3v) is 8.07. The average Bonchev–Trinajstić information content (AvgIpc) is 2.73. The molecule has 3 rings (SSSR count). The van der Waals surface area contributed by atoms with Gasteiger partial charge in [-0.15, -0.1) is 0 Å². The van der Waals surface area contributed by atoms with Gasteiger partial charge in [-0.25, -0.2) is 23.1 Å². The molecule has 1 unspecified atom stereocenters. The van der Waals surface area contributed by atoms with Gasteiger partial charge < -0.3 is 9.30 Å². The van der Waals surface area contributed by atoms with Gasteiger partial charge in [0.15, 0.2) is 20.9 Å². The lowest BCUT2D eigenvalue weighted by Crippen LogP contribution is -2.51. The normalized spacial score (nSPS) is 19.2. The van der Waals surface area contributed by atoms with E-state index in [1.807, 2.05) is 0 Å². The van der Waals surface area contributed by atoms with Crippen molar-refractivity contribution >= 4 is 42.4 Å². The number of fused-ring (bicyclic) bond motifs is 1. The number of benzene rings is 1. The number of hydrogen-bond acceptors (Lipinski definition) is 6. The number of rotatable bonds is 7. The first-order valence-corrected chi connectivity index (χ1v) is 12.5. The van der Waals surface area contributed by atoms with Crippen LogP contribution < -0.4 is 11.0 Å². The van der Waals surface area contributed by atoms with Crippen LogP contribution in [0.4, 0.5) is 4.39 Å². The van der Waals surface area contributed by atoms with Crippen molar-refractivity contribution in [3.05, 3.63) is 45.0 Å². The molecule has 2 aromatic rings. The minimum Gasteiger partial charge on any atom is -0.350 e. The van der Waals surface area contributed by atoms with E-state index in [4.69, 9.17) is 9.57 Å². The highest BCUT2D eigenvalue weighted by Gasteiger charge is 2.44. The fourth-order valence-corrected chi connectivity index (χ4v) is 4.52. The Bertz CT molecular complexity index is 1150. The van der Waals surface area contributed by atoms with Gasteiger partial charge in [0, 0.05) is 41.9 Å². The van der Waals surface area contributed by atoms with Gasteiger partial charge >= 0.3 is 0 Å². The van der Waals surface area contributed by atoms with Crippen LogP contribution in [0.1, 0.15) is 32.6 Å². The third kappa shape index (κ3) is 5.16. The maximum atomic E-state index is 14.5. The van der Waals surface area contributed by atoms with Crippen molar-refractivity contribution in [2.45, 2.75) is 50.2 Å². The van der Waals surface area contributed by atoms with Crippen LogP contribution in [0.3, 0.4) is 0 Å². The van der Waals surface area contributed by atoms with Crippen LogP contribution in [0, 0.1) is 5.82 Å². The predicted octanol–water partition coefficient (Wildman–Crippen LogP) is 2.67. The Balaban J connectivity index is 1.81. The summed E-state index contributed by atoms with van der Waals surface area (Å²) in [5.74, 6) is -1.50. The minimum absolute atomic E-state index is 0.153. The number of amides is 1. The van der Waals surface area contributed by atoms with Gasteiger partial charge in [-0.05, 0) is 44.4 Å². The number of hydrogen-bond donors (Lipinski definition) is 1. The number of ether oxygens (including phenoxy) is 1. The Morgan fingerprint density at radius 1 is 1.39 bits per heavy atom. The number of pyridine rings is 1. The number of carbonyl (C=O) groups excluding carboxylic acids is 1. The SMILES string of the molecule is C[C@@](CCn1cc(F)c2cc(Br)ccc2c1=O)(C(=O)NOC1CCCCO1)S(C)(=O)=O. The molecule has 1 amide bonds. The first kappa shape index (κ1) is 23.8. The van der Waals surface area contributed by atoms with Crippen molar-refractivity contribution in [1.29, 1.82) is 0 Å². The second-order valence-corrected chi connectivity index (χ2v) is 11.1. The second kappa shape index (κ2) is 9.35. The Morgan fingerprint density at radius 2 is 2.13 bits per heavy atom. The summed E-state index contributed by atoms with van der Waals surface area (Å²) in [6.45, 7) is 1.57. The Labute approximate surface area is 187 Å². The van der Waals surface area contributed by atoms with Crippen LogP contribution >= 0.6 is 15.9 Å². The van der Waals surface area contributed by atoms with Crippen molar-refractivity contribution in [2.75, 3.05) is 12.9 Å². The van der Waals surface area contributed by atoms with E-state index < -0.39 is 38.2 Å². The van der Waals surface area contributed by atoms with Crippen LogP contribution in [0.25, 0.3) is 10.8 Å². The number of nitrogens with zero attached hydrogens (tertiary/aromatic N) is 1. The first-order valence-electron chi connectivity index (χ1n) is 9.78. The molecule has 31 heavy (non-hydrogen) atoms. The molecule has 1 aliphatic heterocycles. The standard InChI is InChI=1S/C20H24BrFN2O6S/c1-20(31(2,27)28,19(26)23-30-17-5-3-4-10-29-17)8-9-24-12-16(22)15-11-13(21)6-7-14(15)18(24)25/h6-7,11-12,17H,3-5,8-10H2,1-2H3,(H,23,26)/t17?,20-/m1/s1. The molecule has 1 N–H and O–H groups in total. The van der Waals surface area contributed by atoms with Crippen LogP contribution in [0.5, 0.6) is 0 Å². The minimum atomic E-state index is -3.91. The molecule has 11 heteroatoms. The summed E-state index contributed by atoms with van der Waals surface area (Å²) >= 11 is 3.24. The predicted molar refractivity (Wildman–Crippen MR) is 117 cm³/mol. The largest absolute Gasteiger partial charge is 0.350 e. The van der Waals surface area contributed by atoms with Crippen molar-refractivity contribution < 1.29 is 27.2 Å². The van der Waals surface area contributed by atoms with Gasteiger partial charge in [-0.3, -0.25) is 9.59 Å². The molecule has 8 nitrogen and oxygen atoms in total. The van der Waals surface area contributed by atoms with Crippen molar-refractivity contribution in [1.82, 2.24) is 10.0 Å². The monoisotopic (exact) mass is 518 g/mol. The van der Waals surface area contributed by atoms with Gasteiger partial charge in [0.05, 0.1) is 5.39 Å². The van der Waals surface area contributed by atoms with Gasteiger partial charge in [0.1, 0.15) is 5.82 Å². The number of halogens is 2. The Kier molecular flexibility index (Phi) is 7.19. The molecule has 0 radical (unpaired) electrons. The number of aryl methyl sites for hydroxylation is 1. The number of sulfone groups is 1. The molecular weight excluding hydrogens is 495 g/mol.